The van der Waals surface area contributed by atoms with Gasteiger partial charge in [0.15, 0.2) is 9.84 Å². The molecule has 1 fully saturated rings. The van der Waals surface area contributed by atoms with Gasteiger partial charge in [0.1, 0.15) is 17.0 Å². The molecule has 8 heteroatoms. The highest BCUT2D eigenvalue weighted by molar-refractivity contribution is 8.01. The lowest BCUT2D eigenvalue weighted by molar-refractivity contribution is 0.579. The minimum Gasteiger partial charge on any atom is -0.384 e. The van der Waals surface area contributed by atoms with Crippen molar-refractivity contribution >= 4 is 33.3 Å². The lowest BCUT2D eigenvalue weighted by atomic mass is 10.1. The summed E-state index contributed by atoms with van der Waals surface area (Å²) in [5.74, 6) is 1.87. The molecule has 0 amide bonds. The number of hydrogen-bond donors (Lipinski definition) is 2. The maximum atomic E-state index is 12.3. The summed E-state index contributed by atoms with van der Waals surface area (Å²) < 4.78 is 24.7. The number of nitrogens with two attached hydrogens (primary N) is 1. The Balaban J connectivity index is 2.53. The lowest BCUT2D eigenvalue weighted by Crippen LogP contribution is -2.49. The van der Waals surface area contributed by atoms with Crippen LogP contribution in [0, 0.1) is 12.3 Å². The van der Waals surface area contributed by atoms with Gasteiger partial charge in [-0.25, -0.2) is 13.4 Å². The molecule has 116 valence electrons. The highest BCUT2D eigenvalue weighted by atomic mass is 32.2. The molecule has 1 saturated heterocycles. The molecule has 0 aliphatic carbocycles. The molecule has 0 spiro atoms. The number of nitrogen functional groups attached to an aromatic ring is 1. The fraction of sp³-hybridized carbons (Fsp3) is 0.538. The van der Waals surface area contributed by atoms with E-state index in [2.05, 4.69) is 4.98 Å². The number of thioether (sulfide) groups is 1. The third-order valence-electron chi connectivity index (χ3n) is 3.58. The van der Waals surface area contributed by atoms with Crippen molar-refractivity contribution in [3.05, 3.63) is 23.4 Å². The Labute approximate surface area is 129 Å². The molecule has 3 N–H and O–H groups in total. The van der Waals surface area contributed by atoms with E-state index >= 15 is 0 Å². The molecule has 2 heterocycles. The summed E-state index contributed by atoms with van der Waals surface area (Å²) in [4.78, 5) is 6.10. The number of nitrogens with one attached hydrogen (secondary N) is 1. The van der Waals surface area contributed by atoms with Crippen LogP contribution in [0.5, 0.6) is 0 Å². The molecule has 1 aromatic rings. The normalized spacial score (nSPS) is 19.5. The van der Waals surface area contributed by atoms with E-state index in [1.165, 1.54) is 0 Å². The summed E-state index contributed by atoms with van der Waals surface area (Å²) >= 11 is 1.63. The first kappa shape index (κ1) is 16.1. The molecule has 21 heavy (non-hydrogen) atoms. The van der Waals surface area contributed by atoms with Gasteiger partial charge >= 0.3 is 0 Å². The van der Waals surface area contributed by atoms with E-state index < -0.39 is 15.2 Å². The third kappa shape index (κ3) is 3.16. The molecule has 1 atom stereocenters. The molecule has 1 aromatic heterocycles. The number of amidine groups is 1. The van der Waals surface area contributed by atoms with Crippen molar-refractivity contribution in [1.82, 2.24) is 4.98 Å². The second kappa shape index (κ2) is 6.23. The SMILES string of the molecule is CCS(=O)(=O)C1CSCCN1c1nccc(C)c1C(=N)N. The predicted molar refractivity (Wildman–Crippen MR) is 87.9 cm³/mol. The predicted octanol–water partition coefficient (Wildman–Crippen LogP) is 0.988. The average molecular weight is 328 g/mol. The Hall–Kier alpha value is -1.28. The van der Waals surface area contributed by atoms with Crippen LogP contribution in [0.4, 0.5) is 5.82 Å². The molecule has 0 saturated carbocycles. The topological polar surface area (TPSA) is 100 Å². The Morgan fingerprint density at radius 3 is 2.95 bits per heavy atom. The van der Waals surface area contributed by atoms with Crippen molar-refractivity contribution in [3.8, 4) is 0 Å². The fourth-order valence-corrected chi connectivity index (χ4v) is 5.38. The van der Waals surface area contributed by atoms with Crippen LogP contribution in [-0.2, 0) is 9.84 Å². The molecule has 1 aliphatic rings. The van der Waals surface area contributed by atoms with Gasteiger partial charge in [-0.05, 0) is 18.6 Å². The van der Waals surface area contributed by atoms with Gasteiger partial charge in [0.2, 0.25) is 0 Å². The summed E-state index contributed by atoms with van der Waals surface area (Å²) in [6.07, 6.45) is 1.63. The van der Waals surface area contributed by atoms with Crippen molar-refractivity contribution in [2.75, 3.05) is 28.7 Å². The number of pyridine rings is 1. The van der Waals surface area contributed by atoms with Crippen molar-refractivity contribution in [1.29, 1.82) is 5.41 Å². The Kier molecular flexibility index (Phi) is 4.77. The van der Waals surface area contributed by atoms with Crippen LogP contribution in [0.25, 0.3) is 0 Å². The number of hydrogen-bond acceptors (Lipinski definition) is 6. The van der Waals surface area contributed by atoms with Crippen molar-refractivity contribution in [3.63, 3.8) is 0 Å². The fourth-order valence-electron chi connectivity index (χ4n) is 2.41. The van der Waals surface area contributed by atoms with Crippen LogP contribution in [0.1, 0.15) is 18.1 Å². The summed E-state index contributed by atoms with van der Waals surface area (Å²) in [6, 6.07) is 1.78. The van der Waals surface area contributed by atoms with Crippen LogP contribution >= 0.6 is 11.8 Å². The van der Waals surface area contributed by atoms with Crippen LogP contribution < -0.4 is 10.6 Å². The number of rotatable bonds is 4. The van der Waals surface area contributed by atoms with E-state index in [0.29, 0.717) is 23.7 Å². The van der Waals surface area contributed by atoms with Gasteiger partial charge < -0.3 is 10.6 Å². The summed E-state index contributed by atoms with van der Waals surface area (Å²) in [5.41, 5.74) is 7.03. The average Bonchev–Trinajstić information content (AvgIpc) is 2.46. The maximum Gasteiger partial charge on any atom is 0.171 e. The highest BCUT2D eigenvalue weighted by Gasteiger charge is 2.35. The van der Waals surface area contributed by atoms with Crippen molar-refractivity contribution in [2.24, 2.45) is 5.73 Å². The lowest BCUT2D eigenvalue weighted by Gasteiger charge is -2.36. The van der Waals surface area contributed by atoms with Gasteiger partial charge in [-0.1, -0.05) is 6.92 Å². The standard InChI is InChI=1S/C13H20N4O2S2/c1-3-21(18,19)10-8-20-7-6-17(10)13-11(12(14)15)9(2)4-5-16-13/h4-5,10H,3,6-8H2,1-2H3,(H3,14,15). The van der Waals surface area contributed by atoms with Gasteiger partial charge in [-0.2, -0.15) is 11.8 Å². The summed E-state index contributed by atoms with van der Waals surface area (Å²) in [7, 11) is -3.22. The van der Waals surface area contributed by atoms with Crippen LogP contribution in [0.2, 0.25) is 0 Å². The largest absolute Gasteiger partial charge is 0.384 e. The molecule has 0 bridgehead atoms. The van der Waals surface area contributed by atoms with Gasteiger partial charge in [0.05, 0.1) is 5.56 Å². The second-order valence-corrected chi connectivity index (χ2v) is 8.51. The van der Waals surface area contributed by atoms with Crippen LogP contribution in [-0.4, -0.2) is 48.4 Å². The zero-order valence-corrected chi connectivity index (χ0v) is 13.8. The van der Waals surface area contributed by atoms with E-state index in [1.807, 2.05) is 6.92 Å². The molecule has 2 rings (SSSR count). The Bertz CT molecular complexity index is 646. The number of anilines is 1. The first-order chi connectivity index (χ1) is 9.88. The molecule has 0 radical (unpaired) electrons. The third-order valence-corrected chi connectivity index (χ3v) is 6.87. The van der Waals surface area contributed by atoms with Crippen LogP contribution in [0.15, 0.2) is 12.3 Å². The van der Waals surface area contributed by atoms with E-state index in [0.717, 1.165) is 11.3 Å². The smallest absolute Gasteiger partial charge is 0.171 e. The second-order valence-electron chi connectivity index (χ2n) is 4.91. The first-order valence-electron chi connectivity index (χ1n) is 6.74. The number of aromatic nitrogens is 1. The van der Waals surface area contributed by atoms with E-state index in [-0.39, 0.29) is 11.6 Å². The molecule has 0 aromatic carbocycles. The van der Waals surface area contributed by atoms with Crippen molar-refractivity contribution in [2.45, 2.75) is 19.2 Å². The quantitative estimate of drug-likeness (QED) is 0.631. The van der Waals surface area contributed by atoms with E-state index in [9.17, 15) is 8.42 Å². The molecular formula is C13H20N4O2S2. The summed E-state index contributed by atoms with van der Waals surface area (Å²) in [6.45, 7) is 4.09. The van der Waals surface area contributed by atoms with Gasteiger partial charge in [-0.3, -0.25) is 5.41 Å². The minimum atomic E-state index is -3.22. The van der Waals surface area contributed by atoms with Gasteiger partial charge in [0, 0.05) is 30.0 Å². The molecule has 1 unspecified atom stereocenters. The maximum absolute atomic E-state index is 12.3. The zero-order chi connectivity index (χ0) is 15.6. The Morgan fingerprint density at radius 2 is 2.33 bits per heavy atom. The monoisotopic (exact) mass is 328 g/mol. The highest BCUT2D eigenvalue weighted by Crippen LogP contribution is 2.29. The van der Waals surface area contributed by atoms with Crippen LogP contribution in [0.3, 0.4) is 0 Å². The molecular weight excluding hydrogens is 308 g/mol. The molecule has 1 aliphatic heterocycles. The van der Waals surface area contributed by atoms with E-state index in [1.54, 1.807) is 35.8 Å². The number of nitrogens with zero attached hydrogens (tertiary/aromatic N) is 2. The first-order valence-corrected chi connectivity index (χ1v) is 9.61. The zero-order valence-electron chi connectivity index (χ0n) is 12.2. The van der Waals surface area contributed by atoms with Gasteiger partial charge in [-0.15, -0.1) is 0 Å². The number of sulfone groups is 1. The van der Waals surface area contributed by atoms with Gasteiger partial charge in [0.25, 0.3) is 0 Å². The molecule has 6 nitrogen and oxygen atoms in total. The number of aryl methyl sites for hydroxylation is 1. The van der Waals surface area contributed by atoms with Crippen molar-refractivity contribution < 1.29 is 8.42 Å². The minimum absolute atomic E-state index is 0.0820. The Morgan fingerprint density at radius 1 is 1.62 bits per heavy atom. The van der Waals surface area contributed by atoms with E-state index in [4.69, 9.17) is 11.1 Å². The summed E-state index contributed by atoms with van der Waals surface area (Å²) in [5, 5.41) is 7.16.